The van der Waals surface area contributed by atoms with Crippen LogP contribution in [0.2, 0.25) is 0 Å². The summed E-state index contributed by atoms with van der Waals surface area (Å²) in [5.41, 5.74) is 2.33. The van der Waals surface area contributed by atoms with Gasteiger partial charge in [-0.3, -0.25) is 67.6 Å². The van der Waals surface area contributed by atoms with Crippen LogP contribution in [-0.2, 0) is 55.6 Å². The van der Waals surface area contributed by atoms with Crippen LogP contribution in [0, 0.1) is 5.41 Å². The number of carbonyl (C=O) groups is 10. The van der Waals surface area contributed by atoms with Crippen molar-refractivity contribution in [1.82, 2.24) is 40.9 Å². The van der Waals surface area contributed by atoms with Crippen molar-refractivity contribution in [2.75, 3.05) is 50.7 Å². The van der Waals surface area contributed by atoms with E-state index < -0.39 is 134 Å². The molecule has 3 aromatic carbocycles. The zero-order valence-corrected chi connectivity index (χ0v) is 51.4. The second-order valence-electron chi connectivity index (χ2n) is 25.4. The summed E-state index contributed by atoms with van der Waals surface area (Å²) in [6.07, 6.45) is -1.19. The number of benzene rings is 3. The summed E-state index contributed by atoms with van der Waals surface area (Å²) >= 11 is 0.809. The predicted octanol–water partition coefficient (Wildman–Crippen LogP) is 4.25. The number of hydrogen-bond acceptors (Lipinski definition) is 14. The lowest BCUT2D eigenvalue weighted by atomic mass is 9.77. The van der Waals surface area contributed by atoms with Crippen LogP contribution < -0.4 is 31.9 Å². The zero-order valence-electron chi connectivity index (χ0n) is 49.7. The molecule has 482 valence electrons. The number of nitrogens with one attached hydrogen (secondary N) is 4. The molecule has 0 bridgehead atoms. The molecule has 3 unspecified atom stereocenters. The molecule has 1 aromatic heterocycles. The third kappa shape index (κ3) is 13.7. The van der Waals surface area contributed by atoms with Gasteiger partial charge in [0.2, 0.25) is 41.4 Å². The molecule has 90 heavy (non-hydrogen) atoms. The number of imide groups is 2. The van der Waals surface area contributed by atoms with Crippen molar-refractivity contribution in [2.24, 2.45) is 11.1 Å². The van der Waals surface area contributed by atoms with Crippen LogP contribution in [0.3, 0.4) is 0 Å². The molecular weight excluding hydrogens is 1220 g/mol. The lowest BCUT2D eigenvalue weighted by molar-refractivity contribution is -0.144. The Kier molecular flexibility index (Phi) is 18.5. The van der Waals surface area contributed by atoms with Gasteiger partial charge in [0.05, 0.1) is 22.5 Å². The van der Waals surface area contributed by atoms with Crippen molar-refractivity contribution < 1.29 is 79.9 Å². The summed E-state index contributed by atoms with van der Waals surface area (Å²) in [5, 5.41) is 10.4. The van der Waals surface area contributed by atoms with Crippen molar-refractivity contribution >= 4 is 93.8 Å². The number of alkyl halides is 4. The first-order chi connectivity index (χ1) is 42.4. The van der Waals surface area contributed by atoms with E-state index in [1.54, 1.807) is 23.1 Å². The molecule has 10 rings (SSSR count). The number of primary amides is 1. The van der Waals surface area contributed by atoms with Gasteiger partial charge >= 0.3 is 13.3 Å². The number of nitrogens with two attached hydrogens (primary N) is 1. The van der Waals surface area contributed by atoms with Crippen molar-refractivity contribution in [3.05, 3.63) is 99.4 Å². The van der Waals surface area contributed by atoms with Gasteiger partial charge in [0, 0.05) is 80.5 Å². The molecule has 6 aliphatic rings. The van der Waals surface area contributed by atoms with Gasteiger partial charge < -0.3 is 46.2 Å². The molecule has 7 heterocycles. The fraction of sp³-hybridized carbons (Fsp3) is 0.508. The Morgan fingerprint density at radius 3 is 2.18 bits per heavy atom. The van der Waals surface area contributed by atoms with Crippen molar-refractivity contribution in [3.8, 4) is 0 Å². The summed E-state index contributed by atoms with van der Waals surface area (Å²) in [7, 11) is -5.94. The van der Waals surface area contributed by atoms with Gasteiger partial charge in [-0.15, -0.1) is 11.3 Å². The van der Waals surface area contributed by atoms with E-state index in [2.05, 4.69) is 46.9 Å². The molecule has 0 radical (unpaired) electrons. The first-order valence-corrected chi connectivity index (χ1v) is 32.3. The molecule has 5 fully saturated rings. The molecule has 10 amide bonds. The highest BCUT2D eigenvalue weighted by Gasteiger charge is 2.52. The quantitative estimate of drug-likeness (QED) is 0.0416. The molecule has 4 aromatic rings. The summed E-state index contributed by atoms with van der Waals surface area (Å²) < 4.78 is 69.1. The number of likely N-dealkylation sites (tertiary alicyclic amines) is 1. The third-order valence-electron chi connectivity index (χ3n) is 18.3. The summed E-state index contributed by atoms with van der Waals surface area (Å²) in [6, 6.07) is 9.23. The van der Waals surface area contributed by atoms with E-state index in [4.69, 9.17) is 5.73 Å². The average molecular weight is 1290 g/mol. The number of piperidine rings is 2. The van der Waals surface area contributed by atoms with Crippen LogP contribution in [0.15, 0.2) is 66.7 Å². The second-order valence-corrected chi connectivity index (χ2v) is 28.1. The number of fused-ring (bicyclic) bond motifs is 3. The molecule has 1 spiro atoms. The van der Waals surface area contributed by atoms with Crippen LogP contribution in [0.5, 0.6) is 0 Å². The van der Waals surface area contributed by atoms with E-state index in [0.717, 1.165) is 46.4 Å². The first kappa shape index (κ1) is 65.3. The molecule has 8 N–H and O–H groups in total. The molecule has 29 heteroatoms. The Morgan fingerprint density at radius 1 is 0.822 bits per heavy atom. The highest BCUT2D eigenvalue weighted by molar-refractivity contribution is 7.52. The maximum Gasteiger partial charge on any atom is 0.399 e. The van der Waals surface area contributed by atoms with Crippen LogP contribution in [-0.4, -0.2) is 177 Å². The number of carbonyl (C=O) groups excluding carboxylic acids is 10. The minimum absolute atomic E-state index is 0.00949. The molecule has 23 nitrogen and oxygen atoms in total. The summed E-state index contributed by atoms with van der Waals surface area (Å²) in [6.45, 7) is 6.78. The van der Waals surface area contributed by atoms with Gasteiger partial charge in [0.1, 0.15) is 30.2 Å². The Labute approximate surface area is 518 Å². The summed E-state index contributed by atoms with van der Waals surface area (Å²) in [4.78, 5) is 163. The van der Waals surface area contributed by atoms with Crippen LogP contribution in [0.1, 0.15) is 132 Å². The zero-order chi connectivity index (χ0) is 64.9. The Hall–Kier alpha value is -7.65. The highest BCUT2D eigenvalue weighted by Crippen LogP contribution is 2.59. The number of rotatable bonds is 18. The molecule has 0 saturated carbocycles. The highest BCUT2D eigenvalue weighted by atomic mass is 32.1. The van der Waals surface area contributed by atoms with Crippen LogP contribution in [0.4, 0.5) is 23.2 Å². The van der Waals surface area contributed by atoms with Gasteiger partial charge in [-0.05, 0) is 115 Å². The Balaban J connectivity index is 0.837. The first-order valence-electron chi connectivity index (χ1n) is 29.9. The largest absolute Gasteiger partial charge is 0.399 e. The summed E-state index contributed by atoms with van der Waals surface area (Å²) in [5.74, 6) is -6.99. The number of anilines is 1. The standard InChI is InChI=1S/C61H71F4N10O13PS/c1-59(2,3)35-6-4-33(5-7-35)26-42(57(84)72-23-19-60(20-24-72)21-25-73(32-60)38-9-11-39-40(29-38)56(83)75(55(39)82)45-14-17-50(77)70-53(45)80)68-51(78)41(12-16-49(66)76)67-52(79)44-13-10-37-18-22-71(31-48(62)63)30-43(58(85)74(37)44)69-54(81)47-28-34-27-36(8-15-46(34)90-47)61(64,65)89(86,87)88/h4-9,11,15,27-29,37,41-45,48H,10,12-14,16-26,30-32H2,1-3H3,(H2,66,76)(H,67,79)(H,68,78)(H,69,81)(H,70,77,80)(H2,86,87,88)/t37-,41?,42?,43+,44+,45?/m1/s1. The number of hydrogen-bond donors (Lipinski definition) is 7. The van der Waals surface area contributed by atoms with Crippen molar-refractivity contribution in [1.29, 1.82) is 0 Å². The molecule has 5 saturated heterocycles. The lowest BCUT2D eigenvalue weighted by Gasteiger charge is -2.40. The van der Waals surface area contributed by atoms with Crippen LogP contribution >= 0.6 is 18.9 Å². The number of nitrogens with zero attached hydrogens (tertiary/aromatic N) is 5. The maximum atomic E-state index is 14.9. The SMILES string of the molecule is CC(C)(C)c1ccc(CC(NC(=O)C(CCC(N)=O)NC(=O)[C@@H]2CC[C@@H]3CCN(CC(F)F)C[C@H](NC(=O)c4cc5cc(C(F)(F)P(=O)(O)O)ccc5s4)C(=O)N32)C(=O)N2CCC3(CC2)CCN(c2ccc4c(c2)C(=O)N(C2CCC(=O)NC2=O)C4=O)C3)cc1. The average Bonchev–Trinajstić information content (AvgIpc) is 1.71. The minimum atomic E-state index is -5.94. The lowest BCUT2D eigenvalue weighted by Crippen LogP contribution is -2.62. The van der Waals surface area contributed by atoms with Gasteiger partial charge in [-0.1, -0.05) is 51.1 Å². The number of amides is 10. The Morgan fingerprint density at radius 2 is 1.51 bits per heavy atom. The maximum absolute atomic E-state index is 14.9. The predicted molar refractivity (Wildman–Crippen MR) is 319 cm³/mol. The number of halogens is 4. The van der Waals surface area contributed by atoms with E-state index in [1.165, 1.54) is 15.9 Å². The third-order valence-corrected chi connectivity index (χ3v) is 20.4. The van der Waals surface area contributed by atoms with Gasteiger partial charge in [0.25, 0.3) is 24.1 Å². The normalized spacial score (nSPS) is 22.3. The molecule has 6 aliphatic heterocycles. The minimum Gasteiger partial charge on any atom is -0.371 e. The molecule has 6 atom stereocenters. The monoisotopic (exact) mass is 1290 g/mol. The molecule has 0 aliphatic carbocycles. The van der Waals surface area contributed by atoms with Gasteiger partial charge in [-0.2, -0.15) is 8.78 Å². The number of thiophene rings is 1. The van der Waals surface area contributed by atoms with Crippen molar-refractivity contribution in [2.45, 2.75) is 145 Å². The van der Waals surface area contributed by atoms with Crippen molar-refractivity contribution in [3.63, 3.8) is 0 Å². The fourth-order valence-electron chi connectivity index (χ4n) is 13.2. The van der Waals surface area contributed by atoms with E-state index >= 15 is 0 Å². The van der Waals surface area contributed by atoms with Crippen LogP contribution in [0.25, 0.3) is 10.1 Å². The van der Waals surface area contributed by atoms with Gasteiger partial charge in [-0.25, -0.2) is 8.78 Å². The smallest absolute Gasteiger partial charge is 0.371 e. The van der Waals surface area contributed by atoms with E-state index in [9.17, 15) is 79.9 Å². The Bertz CT molecular complexity index is 3610. The van der Waals surface area contributed by atoms with E-state index in [-0.39, 0.29) is 94.8 Å². The second kappa shape index (κ2) is 25.6. The fourth-order valence-corrected chi connectivity index (χ4v) is 14.6. The molecular formula is C61H71F4N10O13PS. The van der Waals surface area contributed by atoms with E-state index in [0.29, 0.717) is 50.3 Å². The topological polar surface area (TPSA) is 319 Å². The van der Waals surface area contributed by atoms with Gasteiger partial charge in [0.15, 0.2) is 0 Å². The van der Waals surface area contributed by atoms with E-state index in [1.807, 2.05) is 24.3 Å².